The normalized spacial score (nSPS) is 24.4. The molecule has 2 aliphatic rings. The van der Waals surface area contributed by atoms with E-state index in [0.717, 1.165) is 10.2 Å². The molecule has 28 heavy (non-hydrogen) atoms. The van der Waals surface area contributed by atoms with Crippen LogP contribution in [0.15, 0.2) is 58.0 Å². The van der Waals surface area contributed by atoms with Gasteiger partial charge in [0.1, 0.15) is 5.75 Å². The number of anilines is 1. The van der Waals surface area contributed by atoms with Gasteiger partial charge in [-0.1, -0.05) is 33.8 Å². The van der Waals surface area contributed by atoms with E-state index in [-0.39, 0.29) is 28.7 Å². The topological polar surface area (TPSA) is 76.0 Å². The van der Waals surface area contributed by atoms with E-state index in [1.54, 1.807) is 31.4 Å². The molecule has 2 atom stereocenters. The summed E-state index contributed by atoms with van der Waals surface area (Å²) in [5, 5.41) is 0.374. The highest BCUT2D eigenvalue weighted by atomic mass is 79.9. The molecule has 2 heterocycles. The maximum Gasteiger partial charge on any atom is 0.279 e. The molecule has 2 aromatic rings. The number of hydrogen-bond acceptors (Lipinski definition) is 5. The molecule has 0 unspecified atom stereocenters. The maximum absolute atomic E-state index is 12.7. The number of methoxy groups -OCH3 is 1. The van der Waals surface area contributed by atoms with Crippen LogP contribution in [0.5, 0.6) is 5.75 Å². The van der Waals surface area contributed by atoms with Crippen molar-refractivity contribution in [3.05, 3.63) is 58.6 Å². The quantitative estimate of drug-likeness (QED) is 0.669. The summed E-state index contributed by atoms with van der Waals surface area (Å²) in [5.74, 6) is 0.443. The van der Waals surface area contributed by atoms with Gasteiger partial charge in [-0.3, -0.25) is 4.79 Å². The minimum absolute atomic E-state index is 0.0490. The molecule has 0 aliphatic carbocycles. The number of ether oxygens (including phenoxy) is 1. The van der Waals surface area contributed by atoms with E-state index in [9.17, 15) is 13.2 Å². The van der Waals surface area contributed by atoms with E-state index in [2.05, 4.69) is 20.9 Å². The predicted molar refractivity (Wildman–Crippen MR) is 115 cm³/mol. The summed E-state index contributed by atoms with van der Waals surface area (Å²) in [6, 6.07) is 14.1. The second kappa shape index (κ2) is 7.53. The molecular formula is C19H17BrN2O4S2. The standard InChI is InChI=1S/C19H17BrN2O4S2/c1-26-15-4-2-3-14(9-15)22-16-10-28(24,25)11-17(16)27-19(22)21-18(23)12-5-7-13(20)8-6-12/h2-9,16-17H,10-11H2,1H3/t16-,17-/m1/s1. The van der Waals surface area contributed by atoms with Gasteiger partial charge >= 0.3 is 0 Å². The van der Waals surface area contributed by atoms with Crippen LogP contribution < -0.4 is 9.64 Å². The van der Waals surface area contributed by atoms with Gasteiger partial charge in [-0.15, -0.1) is 0 Å². The average Bonchev–Trinajstić information content (AvgIpc) is 3.12. The van der Waals surface area contributed by atoms with Crippen molar-refractivity contribution in [1.82, 2.24) is 0 Å². The molecular weight excluding hydrogens is 464 g/mol. The van der Waals surface area contributed by atoms with Gasteiger partial charge in [-0.05, 0) is 36.4 Å². The SMILES string of the molecule is COc1cccc(N2C(=NC(=O)c3ccc(Br)cc3)S[C@@H]3CS(=O)(=O)C[C@H]32)c1. The molecule has 0 spiro atoms. The third-order valence-electron chi connectivity index (χ3n) is 4.69. The number of rotatable bonds is 3. The largest absolute Gasteiger partial charge is 0.497 e. The fraction of sp³-hybridized carbons (Fsp3) is 0.263. The number of benzene rings is 2. The van der Waals surface area contributed by atoms with Crippen molar-refractivity contribution in [3.63, 3.8) is 0 Å². The average molecular weight is 481 g/mol. The van der Waals surface area contributed by atoms with Gasteiger partial charge in [0.05, 0.1) is 24.7 Å². The van der Waals surface area contributed by atoms with E-state index < -0.39 is 9.84 Å². The Morgan fingerprint density at radius 3 is 2.68 bits per heavy atom. The zero-order valence-corrected chi connectivity index (χ0v) is 18.1. The van der Waals surface area contributed by atoms with Gasteiger partial charge in [0.25, 0.3) is 5.91 Å². The first-order valence-corrected chi connectivity index (χ1v) is 12.0. The van der Waals surface area contributed by atoms with E-state index in [0.29, 0.717) is 16.5 Å². The number of aliphatic imine (C=N–C) groups is 1. The number of amidine groups is 1. The van der Waals surface area contributed by atoms with Gasteiger partial charge in [0.15, 0.2) is 15.0 Å². The third-order valence-corrected chi connectivity index (χ3v) is 8.42. The van der Waals surface area contributed by atoms with Crippen molar-refractivity contribution in [1.29, 1.82) is 0 Å². The molecule has 0 bridgehead atoms. The second-order valence-corrected chi connectivity index (χ2v) is 10.9. The fourth-order valence-electron chi connectivity index (χ4n) is 3.37. The van der Waals surface area contributed by atoms with Gasteiger partial charge in [-0.25, -0.2) is 8.42 Å². The number of nitrogens with zero attached hydrogens (tertiary/aromatic N) is 2. The van der Waals surface area contributed by atoms with Crippen molar-refractivity contribution < 1.29 is 17.9 Å². The highest BCUT2D eigenvalue weighted by Gasteiger charge is 2.49. The number of carbonyl (C=O) groups is 1. The van der Waals surface area contributed by atoms with E-state index in [1.165, 1.54) is 11.8 Å². The van der Waals surface area contributed by atoms with Crippen LogP contribution in [0.2, 0.25) is 0 Å². The summed E-state index contributed by atoms with van der Waals surface area (Å²) in [6.45, 7) is 0. The van der Waals surface area contributed by atoms with Gasteiger partial charge in [-0.2, -0.15) is 4.99 Å². The Balaban J connectivity index is 1.72. The van der Waals surface area contributed by atoms with Crippen molar-refractivity contribution in [2.45, 2.75) is 11.3 Å². The van der Waals surface area contributed by atoms with E-state index >= 15 is 0 Å². The van der Waals surface area contributed by atoms with Crippen LogP contribution in [-0.4, -0.2) is 49.4 Å². The molecule has 4 rings (SSSR count). The van der Waals surface area contributed by atoms with Crippen molar-refractivity contribution >= 4 is 54.3 Å². The van der Waals surface area contributed by atoms with E-state index in [1.807, 2.05) is 29.2 Å². The zero-order chi connectivity index (χ0) is 19.9. The van der Waals surface area contributed by atoms with Crippen molar-refractivity contribution in [3.8, 4) is 5.75 Å². The molecule has 9 heteroatoms. The maximum atomic E-state index is 12.7. The van der Waals surface area contributed by atoms with Gasteiger partial charge < -0.3 is 9.64 Å². The summed E-state index contributed by atoms with van der Waals surface area (Å²) in [4.78, 5) is 18.9. The number of thioether (sulfide) groups is 1. The van der Waals surface area contributed by atoms with Crippen LogP contribution in [0.3, 0.4) is 0 Å². The highest BCUT2D eigenvalue weighted by molar-refractivity contribution is 9.10. The monoisotopic (exact) mass is 480 g/mol. The van der Waals surface area contributed by atoms with Crippen LogP contribution in [-0.2, 0) is 9.84 Å². The first kappa shape index (κ1) is 19.5. The molecule has 2 saturated heterocycles. The van der Waals surface area contributed by atoms with Crippen LogP contribution in [0, 0.1) is 0 Å². The molecule has 2 fully saturated rings. The summed E-state index contributed by atoms with van der Waals surface area (Å²) in [5.41, 5.74) is 1.24. The lowest BCUT2D eigenvalue weighted by molar-refractivity contribution is 0.100. The predicted octanol–water partition coefficient (Wildman–Crippen LogP) is 3.37. The molecule has 0 N–H and O–H groups in total. The molecule has 6 nitrogen and oxygen atoms in total. The van der Waals surface area contributed by atoms with Gasteiger partial charge in [0.2, 0.25) is 0 Å². The Morgan fingerprint density at radius 1 is 1.21 bits per heavy atom. The lowest BCUT2D eigenvalue weighted by Gasteiger charge is -2.24. The molecule has 146 valence electrons. The smallest absolute Gasteiger partial charge is 0.279 e. The third kappa shape index (κ3) is 3.83. The highest BCUT2D eigenvalue weighted by Crippen LogP contribution is 2.41. The number of carbonyl (C=O) groups excluding carboxylic acids is 1. The minimum Gasteiger partial charge on any atom is -0.497 e. The van der Waals surface area contributed by atoms with Crippen molar-refractivity contribution in [2.24, 2.45) is 4.99 Å². The second-order valence-electron chi connectivity index (χ2n) is 6.58. The summed E-state index contributed by atoms with van der Waals surface area (Å²) < 4.78 is 30.5. The Morgan fingerprint density at radius 2 is 1.96 bits per heavy atom. The molecule has 2 aliphatic heterocycles. The van der Waals surface area contributed by atoms with Crippen LogP contribution >= 0.6 is 27.7 Å². The van der Waals surface area contributed by atoms with Crippen molar-refractivity contribution in [2.75, 3.05) is 23.5 Å². The molecule has 0 radical (unpaired) electrons. The van der Waals surface area contributed by atoms with Gasteiger partial charge in [0, 0.05) is 27.0 Å². The van der Waals surface area contributed by atoms with Crippen LogP contribution in [0.25, 0.3) is 0 Å². The van der Waals surface area contributed by atoms with E-state index in [4.69, 9.17) is 4.74 Å². The molecule has 2 aromatic carbocycles. The molecule has 0 aromatic heterocycles. The number of sulfone groups is 1. The lowest BCUT2D eigenvalue weighted by Crippen LogP contribution is -2.37. The number of fused-ring (bicyclic) bond motifs is 1. The zero-order valence-electron chi connectivity index (χ0n) is 14.9. The number of amides is 1. The molecule has 0 saturated carbocycles. The summed E-state index contributed by atoms with van der Waals surface area (Å²) in [7, 11) is -1.53. The first-order chi connectivity index (χ1) is 13.4. The first-order valence-electron chi connectivity index (χ1n) is 8.55. The Labute approximate surface area is 176 Å². The Hall–Kier alpha value is -1.84. The number of hydrogen-bond donors (Lipinski definition) is 0. The fourth-order valence-corrected chi connectivity index (χ4v) is 7.55. The summed E-state index contributed by atoms with van der Waals surface area (Å²) >= 11 is 4.70. The molecule has 1 amide bonds. The minimum atomic E-state index is -3.11. The lowest BCUT2D eigenvalue weighted by atomic mass is 10.2. The Bertz CT molecular complexity index is 1050. The van der Waals surface area contributed by atoms with Crippen LogP contribution in [0.4, 0.5) is 5.69 Å². The Kier molecular flexibility index (Phi) is 5.24. The number of halogens is 1. The summed E-state index contributed by atoms with van der Waals surface area (Å²) in [6.07, 6.45) is 0. The van der Waals surface area contributed by atoms with Crippen LogP contribution in [0.1, 0.15) is 10.4 Å².